The number of allylic oxidation sites excluding steroid dienone is 2. The summed E-state index contributed by atoms with van der Waals surface area (Å²) in [6, 6.07) is 2.91. The summed E-state index contributed by atoms with van der Waals surface area (Å²) in [4.78, 5) is 19.8. The van der Waals surface area contributed by atoms with Crippen LogP contribution in [0, 0.1) is 5.82 Å². The first-order valence-electron chi connectivity index (χ1n) is 11.3. The average Bonchev–Trinajstić information content (AvgIpc) is 3.21. The van der Waals surface area contributed by atoms with Crippen LogP contribution in [0.3, 0.4) is 0 Å². The quantitative estimate of drug-likeness (QED) is 0.638. The highest BCUT2D eigenvalue weighted by atomic mass is 19.3. The van der Waals surface area contributed by atoms with Gasteiger partial charge in [0, 0.05) is 18.3 Å². The Kier molecular flexibility index (Phi) is 6.18. The normalized spacial score (nSPS) is 23.9. The van der Waals surface area contributed by atoms with Gasteiger partial charge in [-0.05, 0) is 53.1 Å². The minimum absolute atomic E-state index is 0.0112. The molecule has 3 aliphatic rings. The molecule has 6 nitrogen and oxygen atoms in total. The van der Waals surface area contributed by atoms with Crippen molar-refractivity contribution in [3.63, 3.8) is 0 Å². The number of fused-ring (bicyclic) bond motifs is 1. The fourth-order valence-corrected chi connectivity index (χ4v) is 4.18. The molecule has 1 fully saturated rings. The van der Waals surface area contributed by atoms with E-state index >= 15 is 0 Å². The molecular weight excluding hydrogens is 446 g/mol. The van der Waals surface area contributed by atoms with E-state index in [0.717, 1.165) is 6.07 Å². The number of benzene rings is 1. The smallest absolute Gasteiger partial charge is 0.399 e. The Labute approximate surface area is 198 Å². The van der Waals surface area contributed by atoms with Gasteiger partial charge >= 0.3 is 7.12 Å². The lowest BCUT2D eigenvalue weighted by molar-refractivity contribution is -0.117. The number of hydrogen-bond donors (Lipinski definition) is 1. The molecule has 3 aliphatic heterocycles. The number of hydrogen-bond acceptors (Lipinski definition) is 5. The van der Waals surface area contributed by atoms with E-state index in [2.05, 4.69) is 10.3 Å². The molecule has 0 aromatic heterocycles. The number of rotatable bonds is 5. The average molecular weight is 475 g/mol. The van der Waals surface area contributed by atoms with Crippen molar-refractivity contribution in [3.05, 3.63) is 58.5 Å². The van der Waals surface area contributed by atoms with Crippen molar-refractivity contribution in [3.8, 4) is 0 Å². The third-order valence-corrected chi connectivity index (χ3v) is 6.81. The fraction of sp³-hybridized carbons (Fsp3) is 0.500. The number of carbonyl (C=O) groups excluding carboxylic acids is 1. The van der Waals surface area contributed by atoms with Gasteiger partial charge in [0.25, 0.3) is 12.3 Å². The molecule has 2 atom stereocenters. The first-order chi connectivity index (χ1) is 15.8. The summed E-state index contributed by atoms with van der Waals surface area (Å²) in [7, 11) is -0.678. The van der Waals surface area contributed by atoms with E-state index in [1.807, 2.05) is 45.7 Å². The van der Waals surface area contributed by atoms with Crippen LogP contribution in [0.15, 0.2) is 46.5 Å². The molecule has 0 bridgehead atoms. The van der Waals surface area contributed by atoms with Gasteiger partial charge in [0.15, 0.2) is 0 Å². The highest BCUT2D eigenvalue weighted by molar-refractivity contribution is 6.56. The second-order valence-electron chi connectivity index (χ2n) is 9.98. The Balaban J connectivity index is 1.62. The van der Waals surface area contributed by atoms with Crippen molar-refractivity contribution < 1.29 is 27.3 Å². The molecule has 1 N–H and O–H groups in total. The van der Waals surface area contributed by atoms with Gasteiger partial charge in [-0.25, -0.2) is 13.2 Å². The monoisotopic (exact) mass is 475 g/mol. The minimum atomic E-state index is -2.94. The van der Waals surface area contributed by atoms with Gasteiger partial charge in [-0.3, -0.25) is 9.79 Å². The van der Waals surface area contributed by atoms with Crippen molar-refractivity contribution in [2.75, 3.05) is 6.54 Å². The molecule has 0 unspecified atom stereocenters. The summed E-state index contributed by atoms with van der Waals surface area (Å²) in [5.41, 5.74) is -0.861. The van der Waals surface area contributed by atoms with E-state index in [-0.39, 0.29) is 17.2 Å². The molecule has 182 valence electrons. The second kappa shape index (κ2) is 8.57. The van der Waals surface area contributed by atoms with Gasteiger partial charge in [0.1, 0.15) is 11.7 Å². The van der Waals surface area contributed by atoms with Crippen LogP contribution in [0.5, 0.6) is 0 Å². The fourth-order valence-electron chi connectivity index (χ4n) is 4.18. The summed E-state index contributed by atoms with van der Waals surface area (Å²) < 4.78 is 53.2. The van der Waals surface area contributed by atoms with Crippen LogP contribution >= 0.6 is 0 Å². The first-order valence-corrected chi connectivity index (χ1v) is 11.3. The van der Waals surface area contributed by atoms with Crippen LogP contribution in [0.1, 0.15) is 65.1 Å². The van der Waals surface area contributed by atoms with Crippen molar-refractivity contribution >= 4 is 18.9 Å². The Morgan fingerprint density at radius 3 is 2.44 bits per heavy atom. The second-order valence-corrected chi connectivity index (χ2v) is 9.98. The van der Waals surface area contributed by atoms with Crippen LogP contribution in [0.2, 0.25) is 0 Å². The maximum Gasteiger partial charge on any atom is 0.496 e. The van der Waals surface area contributed by atoms with E-state index in [0.29, 0.717) is 17.9 Å². The molecule has 1 amide bonds. The van der Waals surface area contributed by atoms with Crippen LogP contribution in [0.25, 0.3) is 0 Å². The van der Waals surface area contributed by atoms with Gasteiger partial charge in [-0.2, -0.15) is 0 Å². The lowest BCUT2D eigenvalue weighted by Gasteiger charge is -2.32. The van der Waals surface area contributed by atoms with Crippen molar-refractivity contribution in [2.24, 2.45) is 4.99 Å². The predicted octanol–water partition coefficient (Wildman–Crippen LogP) is 4.50. The van der Waals surface area contributed by atoms with E-state index in [1.165, 1.54) is 12.1 Å². The Bertz CT molecular complexity index is 1080. The Hall–Kier alpha value is -2.59. The van der Waals surface area contributed by atoms with E-state index < -0.39 is 48.1 Å². The molecule has 0 radical (unpaired) electrons. The van der Waals surface area contributed by atoms with Gasteiger partial charge in [0.2, 0.25) is 0 Å². The number of amidine groups is 1. The van der Waals surface area contributed by atoms with Crippen molar-refractivity contribution in [2.45, 2.75) is 71.3 Å². The summed E-state index contributed by atoms with van der Waals surface area (Å²) in [5, 5.41) is 2.74. The van der Waals surface area contributed by atoms with Crippen molar-refractivity contribution in [1.82, 2.24) is 10.2 Å². The number of nitrogens with zero attached hydrogens (tertiary/aromatic N) is 2. The molecule has 34 heavy (non-hydrogen) atoms. The summed E-state index contributed by atoms with van der Waals surface area (Å²) >= 11 is 0. The standard InChI is InChI=1S/C24H29BF3N3O3/c1-13-11-31-12-15(25-33-23(3,4)24(5,6)34-25)10-18(21(31)29-13)22(32)30-14(2)16-8-7-9-17(19(16)26)20(27)28/h7-10,12-14,20H,11H2,1-6H3,(H,30,32)/t13-,14-/m1/s1. The lowest BCUT2D eigenvalue weighted by atomic mass is 9.76. The molecule has 0 spiro atoms. The van der Waals surface area contributed by atoms with Crippen LogP contribution in [0.4, 0.5) is 13.2 Å². The molecule has 1 aromatic rings. The number of nitrogens with one attached hydrogen (secondary N) is 1. The number of halogens is 3. The SMILES string of the molecule is C[C@@H]1CN2C=C(B3OC(C)(C)C(C)(C)O3)C=C(C(=O)N[C@H](C)c3cccc(C(F)F)c3F)C2=N1. The molecular formula is C24H29BF3N3O3. The van der Waals surface area contributed by atoms with Gasteiger partial charge in [-0.15, -0.1) is 0 Å². The van der Waals surface area contributed by atoms with Crippen molar-refractivity contribution in [1.29, 1.82) is 0 Å². The zero-order valence-electron chi connectivity index (χ0n) is 20.2. The maximum atomic E-state index is 14.6. The third kappa shape index (κ3) is 4.29. The maximum absolute atomic E-state index is 14.6. The molecule has 10 heteroatoms. The number of aliphatic imine (C=N–C) groups is 1. The predicted molar refractivity (Wildman–Crippen MR) is 124 cm³/mol. The Morgan fingerprint density at radius 2 is 1.82 bits per heavy atom. The molecule has 1 saturated heterocycles. The highest BCUT2D eigenvalue weighted by Crippen LogP contribution is 2.40. The zero-order chi connectivity index (χ0) is 25.0. The van der Waals surface area contributed by atoms with Crippen LogP contribution < -0.4 is 5.32 Å². The summed E-state index contributed by atoms with van der Waals surface area (Å²) in [6.07, 6.45) is 0.597. The summed E-state index contributed by atoms with van der Waals surface area (Å²) in [5.74, 6) is -1.01. The van der Waals surface area contributed by atoms with E-state index in [9.17, 15) is 18.0 Å². The molecule has 0 aliphatic carbocycles. The minimum Gasteiger partial charge on any atom is -0.399 e. The highest BCUT2D eigenvalue weighted by Gasteiger charge is 2.53. The summed E-state index contributed by atoms with van der Waals surface area (Å²) in [6.45, 7) is 11.9. The molecule has 4 rings (SSSR count). The number of alkyl halides is 2. The largest absolute Gasteiger partial charge is 0.496 e. The number of carbonyl (C=O) groups is 1. The van der Waals surface area contributed by atoms with Gasteiger partial charge in [0.05, 0.1) is 34.4 Å². The number of amides is 1. The lowest BCUT2D eigenvalue weighted by Crippen LogP contribution is -2.41. The van der Waals surface area contributed by atoms with Gasteiger partial charge < -0.3 is 19.5 Å². The molecule has 3 heterocycles. The molecule has 1 aromatic carbocycles. The van der Waals surface area contributed by atoms with E-state index in [1.54, 1.807) is 13.0 Å². The Morgan fingerprint density at radius 1 is 1.21 bits per heavy atom. The van der Waals surface area contributed by atoms with Crippen LogP contribution in [-0.2, 0) is 14.1 Å². The topological polar surface area (TPSA) is 63.2 Å². The first kappa shape index (κ1) is 24.5. The third-order valence-electron chi connectivity index (χ3n) is 6.81. The van der Waals surface area contributed by atoms with Gasteiger partial charge in [-0.1, -0.05) is 18.2 Å². The van der Waals surface area contributed by atoms with E-state index in [4.69, 9.17) is 9.31 Å². The van der Waals surface area contributed by atoms with Crippen LogP contribution in [-0.4, -0.2) is 47.5 Å². The zero-order valence-corrected chi connectivity index (χ0v) is 20.2. The molecule has 0 saturated carbocycles.